The molecule has 0 saturated heterocycles. The number of para-hydroxylation sites is 1. The Morgan fingerprint density at radius 3 is 1.96 bits per heavy atom. The van der Waals surface area contributed by atoms with E-state index in [1.165, 1.54) is 0 Å². The number of hydrogen-bond acceptors (Lipinski definition) is 2. The summed E-state index contributed by atoms with van der Waals surface area (Å²) in [4.78, 5) is 27.1. The highest BCUT2D eigenvalue weighted by molar-refractivity contribution is 6.08. The molecule has 4 nitrogen and oxygen atoms in total. The summed E-state index contributed by atoms with van der Waals surface area (Å²) >= 11 is 0. The Kier molecular flexibility index (Phi) is 5.90. The fourth-order valence-corrected chi connectivity index (χ4v) is 3.22. The molecule has 0 aliphatic carbocycles. The first-order valence-corrected chi connectivity index (χ1v) is 9.34. The molecule has 0 aliphatic heterocycles. The van der Waals surface area contributed by atoms with Gasteiger partial charge in [-0.1, -0.05) is 24.3 Å². The van der Waals surface area contributed by atoms with Crippen molar-refractivity contribution >= 4 is 23.2 Å². The van der Waals surface area contributed by atoms with Crippen molar-refractivity contribution < 1.29 is 9.59 Å². The zero-order chi connectivity index (χ0) is 20.1. The minimum absolute atomic E-state index is 0.0880. The number of carbonyl (C=O) groups excluding carboxylic acids is 2. The fraction of sp³-hybridized carbons (Fsp3) is 0.167. The van der Waals surface area contributed by atoms with E-state index in [0.29, 0.717) is 17.7 Å². The van der Waals surface area contributed by atoms with Crippen molar-refractivity contribution in [3.8, 4) is 0 Å². The van der Waals surface area contributed by atoms with Gasteiger partial charge in [-0.15, -0.1) is 0 Å². The summed E-state index contributed by atoms with van der Waals surface area (Å²) in [5, 5.41) is 2.91. The molecule has 0 atom stereocenters. The largest absolute Gasteiger partial charge is 0.322 e. The summed E-state index contributed by atoms with van der Waals surface area (Å²) in [6, 6.07) is 22.2. The molecule has 0 spiro atoms. The molecule has 0 saturated carbocycles. The van der Waals surface area contributed by atoms with Crippen LogP contribution in [0, 0.1) is 13.8 Å². The van der Waals surface area contributed by atoms with Gasteiger partial charge in [-0.25, -0.2) is 0 Å². The van der Waals surface area contributed by atoms with Crippen molar-refractivity contribution in [2.75, 3.05) is 16.8 Å². The Hall–Kier alpha value is -3.40. The average molecular weight is 372 g/mol. The van der Waals surface area contributed by atoms with Crippen LogP contribution in [0.25, 0.3) is 0 Å². The average Bonchev–Trinajstić information content (AvgIpc) is 2.68. The summed E-state index contributed by atoms with van der Waals surface area (Å²) in [5.74, 6) is -0.283. The Morgan fingerprint density at radius 2 is 1.39 bits per heavy atom. The van der Waals surface area contributed by atoms with Gasteiger partial charge < -0.3 is 10.2 Å². The molecule has 1 N–H and O–H groups in total. The van der Waals surface area contributed by atoms with E-state index in [9.17, 15) is 9.59 Å². The predicted molar refractivity (Wildman–Crippen MR) is 114 cm³/mol. The molecule has 0 heterocycles. The van der Waals surface area contributed by atoms with Crippen molar-refractivity contribution in [3.63, 3.8) is 0 Å². The van der Waals surface area contributed by atoms with E-state index in [1.54, 1.807) is 29.2 Å². The van der Waals surface area contributed by atoms with Crippen LogP contribution >= 0.6 is 0 Å². The van der Waals surface area contributed by atoms with Crippen molar-refractivity contribution in [1.82, 2.24) is 0 Å². The lowest BCUT2D eigenvalue weighted by Crippen LogP contribution is -2.30. The smallest absolute Gasteiger partial charge is 0.258 e. The van der Waals surface area contributed by atoms with Crippen LogP contribution in [0.4, 0.5) is 11.4 Å². The third-order valence-electron chi connectivity index (χ3n) is 4.50. The molecule has 0 fully saturated rings. The topological polar surface area (TPSA) is 49.4 Å². The van der Waals surface area contributed by atoms with E-state index in [1.807, 2.05) is 63.2 Å². The van der Waals surface area contributed by atoms with Gasteiger partial charge in [-0.2, -0.15) is 0 Å². The maximum atomic E-state index is 12.8. The highest BCUT2D eigenvalue weighted by atomic mass is 16.2. The number of nitrogens with one attached hydrogen (secondary N) is 1. The number of hydrogen-bond donors (Lipinski definition) is 1. The number of benzene rings is 3. The SMILES string of the molecule is CCN(C(=O)c1ccc(C(=O)Nc2cc(C)cc(C)c2)cc1)c1ccccc1. The molecule has 0 unspecified atom stereocenters. The first kappa shape index (κ1) is 19.4. The van der Waals surface area contributed by atoms with Gasteiger partial charge in [0.1, 0.15) is 0 Å². The van der Waals surface area contributed by atoms with Crippen LogP contribution in [-0.2, 0) is 0 Å². The lowest BCUT2D eigenvalue weighted by Gasteiger charge is -2.21. The molecule has 2 amide bonds. The first-order valence-electron chi connectivity index (χ1n) is 9.34. The molecule has 0 aliphatic rings. The second-order valence-electron chi connectivity index (χ2n) is 6.79. The third kappa shape index (κ3) is 4.46. The van der Waals surface area contributed by atoms with Gasteiger partial charge in [0.15, 0.2) is 0 Å². The highest BCUT2D eigenvalue weighted by Crippen LogP contribution is 2.18. The molecule has 3 aromatic carbocycles. The molecule has 4 heteroatoms. The summed E-state index contributed by atoms with van der Waals surface area (Å²) in [7, 11) is 0. The lowest BCUT2D eigenvalue weighted by atomic mass is 10.1. The van der Waals surface area contributed by atoms with Gasteiger partial charge >= 0.3 is 0 Å². The van der Waals surface area contributed by atoms with Crippen molar-refractivity contribution in [3.05, 3.63) is 95.1 Å². The number of aryl methyl sites for hydroxylation is 2. The van der Waals surface area contributed by atoms with E-state index in [4.69, 9.17) is 0 Å². The normalized spacial score (nSPS) is 10.4. The molecule has 3 rings (SSSR count). The summed E-state index contributed by atoms with van der Waals surface area (Å²) in [6.45, 7) is 6.50. The van der Waals surface area contributed by atoms with Crippen LogP contribution in [0.5, 0.6) is 0 Å². The lowest BCUT2D eigenvalue weighted by molar-refractivity contribution is 0.0985. The highest BCUT2D eigenvalue weighted by Gasteiger charge is 2.16. The molecular weight excluding hydrogens is 348 g/mol. The molecule has 142 valence electrons. The van der Waals surface area contributed by atoms with E-state index < -0.39 is 0 Å². The summed E-state index contributed by atoms with van der Waals surface area (Å²) < 4.78 is 0. The van der Waals surface area contributed by atoms with E-state index >= 15 is 0 Å². The molecule has 0 radical (unpaired) electrons. The molecular formula is C24H24N2O2. The summed E-state index contributed by atoms with van der Waals surface area (Å²) in [5.41, 5.74) is 4.87. The Labute approximate surface area is 165 Å². The zero-order valence-electron chi connectivity index (χ0n) is 16.4. The Bertz CT molecular complexity index is 959. The molecule has 0 aromatic heterocycles. The number of carbonyl (C=O) groups is 2. The van der Waals surface area contributed by atoms with Crippen LogP contribution < -0.4 is 10.2 Å². The maximum Gasteiger partial charge on any atom is 0.258 e. The Balaban J connectivity index is 1.75. The van der Waals surface area contributed by atoms with E-state index in [-0.39, 0.29) is 11.8 Å². The number of amides is 2. The van der Waals surface area contributed by atoms with Crippen LogP contribution in [0.2, 0.25) is 0 Å². The van der Waals surface area contributed by atoms with Crippen molar-refractivity contribution in [1.29, 1.82) is 0 Å². The number of nitrogens with zero attached hydrogens (tertiary/aromatic N) is 1. The van der Waals surface area contributed by atoms with Gasteiger partial charge in [-0.05, 0) is 80.4 Å². The zero-order valence-corrected chi connectivity index (χ0v) is 16.4. The van der Waals surface area contributed by atoms with Crippen molar-refractivity contribution in [2.45, 2.75) is 20.8 Å². The van der Waals surface area contributed by atoms with Gasteiger partial charge in [-0.3, -0.25) is 9.59 Å². The van der Waals surface area contributed by atoms with Gasteiger partial charge in [0.05, 0.1) is 0 Å². The quantitative estimate of drug-likeness (QED) is 0.667. The van der Waals surface area contributed by atoms with Crippen molar-refractivity contribution in [2.24, 2.45) is 0 Å². The standard InChI is InChI=1S/C24H24N2O2/c1-4-26(22-8-6-5-7-9-22)24(28)20-12-10-19(11-13-20)23(27)25-21-15-17(2)14-18(3)16-21/h5-16H,4H2,1-3H3,(H,25,27). The predicted octanol–water partition coefficient (Wildman–Crippen LogP) is 5.22. The minimum atomic E-state index is -0.195. The molecule has 3 aromatic rings. The first-order chi connectivity index (χ1) is 13.5. The van der Waals surface area contributed by atoms with Gasteiger partial charge in [0, 0.05) is 29.0 Å². The van der Waals surface area contributed by atoms with E-state index in [0.717, 1.165) is 22.5 Å². The van der Waals surface area contributed by atoms with E-state index in [2.05, 4.69) is 11.4 Å². The molecule has 0 bridgehead atoms. The second-order valence-corrected chi connectivity index (χ2v) is 6.79. The van der Waals surface area contributed by atoms with Crippen LogP contribution in [0.15, 0.2) is 72.8 Å². The van der Waals surface area contributed by atoms with Crippen LogP contribution in [0.3, 0.4) is 0 Å². The second kappa shape index (κ2) is 8.53. The Morgan fingerprint density at radius 1 is 0.821 bits per heavy atom. The van der Waals surface area contributed by atoms with Crippen LogP contribution in [0.1, 0.15) is 38.8 Å². The minimum Gasteiger partial charge on any atom is -0.322 e. The number of anilines is 2. The monoisotopic (exact) mass is 372 g/mol. The van der Waals surface area contributed by atoms with Crippen LogP contribution in [-0.4, -0.2) is 18.4 Å². The van der Waals surface area contributed by atoms with Gasteiger partial charge in [0.2, 0.25) is 0 Å². The third-order valence-corrected chi connectivity index (χ3v) is 4.50. The number of rotatable bonds is 5. The fourth-order valence-electron chi connectivity index (χ4n) is 3.22. The molecule has 28 heavy (non-hydrogen) atoms. The van der Waals surface area contributed by atoms with Gasteiger partial charge in [0.25, 0.3) is 11.8 Å². The maximum absolute atomic E-state index is 12.8. The summed E-state index contributed by atoms with van der Waals surface area (Å²) in [6.07, 6.45) is 0.